The van der Waals surface area contributed by atoms with E-state index < -0.39 is 0 Å². The molecule has 2 N–H and O–H groups in total. The van der Waals surface area contributed by atoms with Gasteiger partial charge in [0.05, 0.1) is 7.11 Å². The zero-order valence-corrected chi connectivity index (χ0v) is 22.9. The van der Waals surface area contributed by atoms with Gasteiger partial charge in [0.15, 0.2) is 0 Å². The number of hydrogen-bond acceptors (Lipinski definition) is 4. The van der Waals surface area contributed by atoms with E-state index in [9.17, 15) is 0 Å². The molecular weight excluding hydrogens is 492 g/mol. The number of aryl methyl sites for hydroxylation is 1. The van der Waals surface area contributed by atoms with E-state index in [1.54, 1.807) is 7.11 Å². The molecule has 1 aromatic heterocycles. The number of hydrogen-bond donors (Lipinski definition) is 1. The van der Waals surface area contributed by atoms with Crippen LogP contribution in [0.15, 0.2) is 72.9 Å². The molecule has 6 heteroatoms. The van der Waals surface area contributed by atoms with Crippen LogP contribution in [-0.4, -0.2) is 53.7 Å². The lowest BCUT2D eigenvalue weighted by Crippen LogP contribution is -2.41. The van der Waals surface area contributed by atoms with Crippen molar-refractivity contribution in [3.05, 3.63) is 89.1 Å². The Hall–Kier alpha value is -2.83. The smallest absolute Gasteiger partial charge is 0.118 e. The fourth-order valence-corrected chi connectivity index (χ4v) is 6.66. The lowest BCUT2D eigenvalue weighted by molar-refractivity contribution is 0.153. The van der Waals surface area contributed by atoms with Crippen molar-refractivity contribution in [3.63, 3.8) is 0 Å². The van der Waals surface area contributed by atoms with Gasteiger partial charge in [-0.2, -0.15) is 0 Å². The summed E-state index contributed by atoms with van der Waals surface area (Å²) >= 11 is 6.48. The van der Waals surface area contributed by atoms with Gasteiger partial charge in [0.1, 0.15) is 5.75 Å². The summed E-state index contributed by atoms with van der Waals surface area (Å²) < 4.78 is 7.75. The SMILES string of the molecule is COc1ccc(-c2cn(CCCN)c3ccc(CN4CC5CC(C4)N(Cc4ccccc4Cl)C5)cc23)cc1. The molecule has 0 saturated carbocycles. The summed E-state index contributed by atoms with van der Waals surface area (Å²) in [6, 6.07) is 24.3. The Labute approximate surface area is 230 Å². The van der Waals surface area contributed by atoms with Crippen LogP contribution < -0.4 is 10.5 Å². The van der Waals surface area contributed by atoms with Crippen molar-refractivity contribution >= 4 is 22.5 Å². The Bertz CT molecular complexity index is 1400. The van der Waals surface area contributed by atoms with Crippen LogP contribution in [0.5, 0.6) is 5.75 Å². The van der Waals surface area contributed by atoms with Gasteiger partial charge in [0.2, 0.25) is 0 Å². The highest BCUT2D eigenvalue weighted by Crippen LogP contribution is 2.35. The molecule has 198 valence electrons. The average molecular weight is 529 g/mol. The normalized spacial score (nSPS) is 19.9. The molecule has 0 amide bonds. The van der Waals surface area contributed by atoms with Crippen LogP contribution in [0.25, 0.3) is 22.0 Å². The molecular formula is C32H37ClN4O. The molecule has 2 saturated heterocycles. The van der Waals surface area contributed by atoms with Crippen molar-refractivity contribution in [2.24, 2.45) is 11.7 Å². The van der Waals surface area contributed by atoms with Gasteiger partial charge in [-0.05, 0) is 72.3 Å². The predicted molar refractivity (Wildman–Crippen MR) is 157 cm³/mol. The third-order valence-corrected chi connectivity index (χ3v) is 8.66. The Morgan fingerprint density at radius 3 is 2.61 bits per heavy atom. The quantitative estimate of drug-likeness (QED) is 0.288. The first kappa shape index (κ1) is 25.4. The number of halogens is 1. The number of nitrogens with two attached hydrogens (primary N) is 1. The first-order valence-corrected chi connectivity index (χ1v) is 14.1. The highest BCUT2D eigenvalue weighted by molar-refractivity contribution is 6.31. The highest BCUT2D eigenvalue weighted by Gasteiger charge is 2.38. The molecule has 38 heavy (non-hydrogen) atoms. The number of fused-ring (bicyclic) bond motifs is 3. The van der Waals surface area contributed by atoms with Crippen molar-refractivity contribution in [3.8, 4) is 16.9 Å². The summed E-state index contributed by atoms with van der Waals surface area (Å²) in [4.78, 5) is 5.31. The van der Waals surface area contributed by atoms with E-state index in [1.165, 1.54) is 39.6 Å². The summed E-state index contributed by atoms with van der Waals surface area (Å²) in [6.45, 7) is 7.00. The third kappa shape index (κ3) is 5.21. The van der Waals surface area contributed by atoms with Crippen molar-refractivity contribution in [1.82, 2.24) is 14.4 Å². The van der Waals surface area contributed by atoms with E-state index >= 15 is 0 Å². The van der Waals surface area contributed by atoms with E-state index in [2.05, 4.69) is 63.0 Å². The first-order valence-electron chi connectivity index (χ1n) is 13.8. The Balaban J connectivity index is 1.22. The second kappa shape index (κ2) is 11.1. The summed E-state index contributed by atoms with van der Waals surface area (Å²) in [5, 5.41) is 2.19. The third-order valence-electron chi connectivity index (χ3n) is 8.29. The fraction of sp³-hybridized carbons (Fsp3) is 0.375. The molecule has 2 fully saturated rings. The van der Waals surface area contributed by atoms with Crippen LogP contribution in [0.4, 0.5) is 0 Å². The topological polar surface area (TPSA) is 46.7 Å². The maximum Gasteiger partial charge on any atom is 0.118 e. The number of nitrogens with zero attached hydrogens (tertiary/aromatic N) is 3. The van der Waals surface area contributed by atoms with Crippen molar-refractivity contribution in [2.45, 2.75) is 38.5 Å². The van der Waals surface area contributed by atoms with Crippen LogP contribution in [0, 0.1) is 5.92 Å². The van der Waals surface area contributed by atoms with Crippen LogP contribution in [0.1, 0.15) is 24.0 Å². The van der Waals surface area contributed by atoms with Gasteiger partial charge in [-0.25, -0.2) is 0 Å². The molecule has 2 aliphatic heterocycles. The molecule has 4 aromatic rings. The van der Waals surface area contributed by atoms with Crippen molar-refractivity contribution in [1.29, 1.82) is 0 Å². The molecule has 2 atom stereocenters. The molecule has 5 nitrogen and oxygen atoms in total. The van der Waals surface area contributed by atoms with Crippen molar-refractivity contribution in [2.75, 3.05) is 33.3 Å². The second-order valence-corrected chi connectivity index (χ2v) is 11.3. The predicted octanol–water partition coefficient (Wildman–Crippen LogP) is 6.03. The molecule has 3 aromatic carbocycles. The monoisotopic (exact) mass is 528 g/mol. The minimum atomic E-state index is 0.598. The minimum Gasteiger partial charge on any atom is -0.497 e. The number of likely N-dealkylation sites (tertiary alicyclic amines) is 2. The molecule has 0 aliphatic carbocycles. The van der Waals surface area contributed by atoms with Gasteiger partial charge >= 0.3 is 0 Å². The lowest BCUT2D eigenvalue weighted by atomic mass is 9.98. The zero-order chi connectivity index (χ0) is 26.1. The van der Waals surface area contributed by atoms with E-state index in [0.29, 0.717) is 12.6 Å². The molecule has 2 aliphatic rings. The molecule has 0 spiro atoms. The molecule has 6 rings (SSSR count). The van der Waals surface area contributed by atoms with Gasteiger partial charge < -0.3 is 15.0 Å². The van der Waals surface area contributed by atoms with Gasteiger partial charge in [0.25, 0.3) is 0 Å². The molecule has 3 heterocycles. The largest absolute Gasteiger partial charge is 0.497 e. The number of aromatic nitrogens is 1. The summed E-state index contributed by atoms with van der Waals surface area (Å²) in [5.74, 6) is 1.61. The van der Waals surface area contributed by atoms with Crippen LogP contribution >= 0.6 is 11.6 Å². The second-order valence-electron chi connectivity index (χ2n) is 10.9. The Kier molecular flexibility index (Phi) is 7.44. The van der Waals surface area contributed by atoms with Gasteiger partial charge in [-0.1, -0.05) is 48.0 Å². The van der Waals surface area contributed by atoms with E-state index in [0.717, 1.165) is 62.4 Å². The van der Waals surface area contributed by atoms with Crippen molar-refractivity contribution < 1.29 is 4.74 Å². The van der Waals surface area contributed by atoms with Gasteiger partial charge in [-0.15, -0.1) is 0 Å². The Morgan fingerprint density at radius 1 is 0.974 bits per heavy atom. The molecule has 0 radical (unpaired) electrons. The Morgan fingerprint density at radius 2 is 1.82 bits per heavy atom. The minimum absolute atomic E-state index is 0.598. The van der Waals surface area contributed by atoms with Crippen LogP contribution in [0.3, 0.4) is 0 Å². The molecule has 2 bridgehead atoms. The van der Waals surface area contributed by atoms with E-state index in [4.69, 9.17) is 22.1 Å². The summed E-state index contributed by atoms with van der Waals surface area (Å²) in [6.07, 6.45) is 4.56. The summed E-state index contributed by atoms with van der Waals surface area (Å²) in [7, 11) is 1.71. The van der Waals surface area contributed by atoms with E-state index in [-0.39, 0.29) is 0 Å². The zero-order valence-electron chi connectivity index (χ0n) is 22.2. The van der Waals surface area contributed by atoms with Crippen LogP contribution in [-0.2, 0) is 19.6 Å². The number of piperidine rings is 1. The maximum absolute atomic E-state index is 6.48. The van der Waals surface area contributed by atoms with Crippen LogP contribution in [0.2, 0.25) is 5.02 Å². The standard InChI is InChI=1S/C32H37ClN4O/c1-38-28-10-8-25(9-11-28)30-22-36(14-4-13-34)32-12-7-23(16-29(30)32)17-35-18-24-15-27(21-35)37(19-24)20-26-5-2-3-6-31(26)33/h2-3,5-12,16,22,24,27H,4,13-15,17-21,34H2,1H3. The van der Waals surface area contributed by atoms with Gasteiger partial charge in [0, 0.05) is 73.0 Å². The number of benzene rings is 3. The molecule has 2 unspecified atom stereocenters. The number of rotatable bonds is 9. The summed E-state index contributed by atoms with van der Waals surface area (Å²) in [5.41, 5.74) is 12.2. The average Bonchev–Trinajstić information content (AvgIpc) is 3.44. The highest BCUT2D eigenvalue weighted by atomic mass is 35.5. The van der Waals surface area contributed by atoms with Gasteiger partial charge in [-0.3, -0.25) is 9.80 Å². The lowest BCUT2D eigenvalue weighted by Gasteiger charge is -2.33. The maximum atomic E-state index is 6.48. The fourth-order valence-electron chi connectivity index (χ4n) is 6.47. The number of methoxy groups -OCH3 is 1. The van der Waals surface area contributed by atoms with E-state index in [1.807, 2.05) is 24.3 Å². The first-order chi connectivity index (χ1) is 18.6. The number of ether oxygens (including phenoxy) is 1.